The van der Waals surface area contributed by atoms with E-state index in [1.807, 2.05) is 0 Å². The molecule has 94 valence electrons. The van der Waals surface area contributed by atoms with Gasteiger partial charge in [0, 0.05) is 25.2 Å². The average Bonchev–Trinajstić information content (AvgIpc) is 2.78. The van der Waals surface area contributed by atoms with Crippen LogP contribution < -0.4 is 5.73 Å². The second-order valence-electron chi connectivity index (χ2n) is 5.33. The van der Waals surface area contributed by atoms with Gasteiger partial charge in [0.1, 0.15) is 0 Å². The molecular weight excluding hydrogens is 200 g/mol. The van der Waals surface area contributed by atoms with E-state index in [2.05, 4.69) is 18.7 Å². The minimum absolute atomic E-state index is 0.492. The third-order valence-corrected chi connectivity index (χ3v) is 4.49. The summed E-state index contributed by atoms with van der Waals surface area (Å²) in [5.74, 6) is 0.698. The molecule has 0 radical (unpaired) electrons. The summed E-state index contributed by atoms with van der Waals surface area (Å²) in [6.45, 7) is 7.36. The fourth-order valence-electron chi connectivity index (χ4n) is 3.33. The summed E-state index contributed by atoms with van der Waals surface area (Å²) < 4.78 is 5.86. The highest BCUT2D eigenvalue weighted by atomic mass is 16.5. The third-order valence-electron chi connectivity index (χ3n) is 4.49. The zero-order valence-corrected chi connectivity index (χ0v) is 10.7. The number of rotatable bonds is 4. The Kier molecular flexibility index (Phi) is 4.22. The van der Waals surface area contributed by atoms with E-state index in [0.29, 0.717) is 24.1 Å². The molecule has 0 amide bonds. The molecule has 1 aliphatic carbocycles. The van der Waals surface area contributed by atoms with Crippen molar-refractivity contribution in [1.82, 2.24) is 4.90 Å². The van der Waals surface area contributed by atoms with Crippen molar-refractivity contribution in [3.63, 3.8) is 0 Å². The lowest BCUT2D eigenvalue weighted by atomic mass is 9.95. The van der Waals surface area contributed by atoms with Crippen LogP contribution in [0.25, 0.3) is 0 Å². The van der Waals surface area contributed by atoms with Crippen LogP contribution in [0.2, 0.25) is 0 Å². The first-order chi connectivity index (χ1) is 7.77. The Labute approximate surface area is 99.3 Å². The summed E-state index contributed by atoms with van der Waals surface area (Å²) in [6.07, 6.45) is 5.59. The van der Waals surface area contributed by atoms with Gasteiger partial charge < -0.3 is 10.5 Å². The first kappa shape index (κ1) is 12.3. The highest BCUT2D eigenvalue weighted by Crippen LogP contribution is 2.32. The van der Waals surface area contributed by atoms with Crippen molar-refractivity contribution in [1.29, 1.82) is 0 Å². The highest BCUT2D eigenvalue weighted by Gasteiger charge is 2.39. The van der Waals surface area contributed by atoms with Crippen LogP contribution in [0.3, 0.4) is 0 Å². The van der Waals surface area contributed by atoms with Crippen LogP contribution >= 0.6 is 0 Å². The molecular formula is C13H26N2O. The van der Waals surface area contributed by atoms with E-state index in [-0.39, 0.29) is 0 Å². The van der Waals surface area contributed by atoms with Crippen molar-refractivity contribution in [2.45, 2.75) is 57.7 Å². The van der Waals surface area contributed by atoms with Gasteiger partial charge in [-0.15, -0.1) is 0 Å². The normalized spacial score (nSPS) is 34.7. The molecule has 0 spiro atoms. The number of hydrogen-bond donors (Lipinski definition) is 1. The predicted octanol–water partition coefficient (Wildman–Crippen LogP) is 1.61. The van der Waals surface area contributed by atoms with Crippen LogP contribution in [0, 0.1) is 5.92 Å². The van der Waals surface area contributed by atoms with Crippen LogP contribution in [0.4, 0.5) is 0 Å². The maximum atomic E-state index is 5.98. The monoisotopic (exact) mass is 226 g/mol. The second kappa shape index (κ2) is 5.48. The van der Waals surface area contributed by atoms with Crippen molar-refractivity contribution in [2.24, 2.45) is 11.7 Å². The lowest BCUT2D eigenvalue weighted by Gasteiger charge is -2.44. The Morgan fingerprint density at radius 3 is 2.94 bits per heavy atom. The van der Waals surface area contributed by atoms with E-state index in [1.165, 1.54) is 25.7 Å². The SMILES string of the molecule is CCC(C)C(CN)N1CCOC2CCCC21. The minimum Gasteiger partial charge on any atom is -0.375 e. The van der Waals surface area contributed by atoms with Crippen LogP contribution in [0.15, 0.2) is 0 Å². The molecule has 0 aromatic carbocycles. The van der Waals surface area contributed by atoms with E-state index >= 15 is 0 Å². The molecule has 0 aromatic rings. The lowest BCUT2D eigenvalue weighted by Crippen LogP contribution is -2.57. The molecule has 1 heterocycles. The molecule has 1 aliphatic heterocycles. The Bertz CT molecular complexity index is 222. The molecule has 0 aromatic heterocycles. The summed E-state index contributed by atoms with van der Waals surface area (Å²) >= 11 is 0. The number of hydrogen-bond acceptors (Lipinski definition) is 3. The Morgan fingerprint density at radius 1 is 1.44 bits per heavy atom. The summed E-state index contributed by atoms with van der Waals surface area (Å²) in [4.78, 5) is 2.65. The van der Waals surface area contributed by atoms with Crippen LogP contribution in [0.5, 0.6) is 0 Å². The topological polar surface area (TPSA) is 38.5 Å². The smallest absolute Gasteiger partial charge is 0.0731 e. The van der Waals surface area contributed by atoms with E-state index in [9.17, 15) is 0 Å². The number of fused-ring (bicyclic) bond motifs is 1. The summed E-state index contributed by atoms with van der Waals surface area (Å²) in [7, 11) is 0. The van der Waals surface area contributed by atoms with Crippen molar-refractivity contribution in [3.05, 3.63) is 0 Å². The molecule has 1 saturated heterocycles. The number of nitrogens with two attached hydrogens (primary N) is 1. The molecule has 2 rings (SSSR count). The molecule has 3 heteroatoms. The summed E-state index contributed by atoms with van der Waals surface area (Å²) in [5, 5.41) is 0. The fraction of sp³-hybridized carbons (Fsp3) is 1.00. The largest absolute Gasteiger partial charge is 0.375 e. The van der Waals surface area contributed by atoms with Gasteiger partial charge in [-0.3, -0.25) is 4.90 Å². The van der Waals surface area contributed by atoms with E-state index < -0.39 is 0 Å². The van der Waals surface area contributed by atoms with Gasteiger partial charge in [-0.2, -0.15) is 0 Å². The van der Waals surface area contributed by atoms with Crippen molar-refractivity contribution >= 4 is 0 Å². The zero-order chi connectivity index (χ0) is 11.5. The number of nitrogens with zero attached hydrogens (tertiary/aromatic N) is 1. The molecule has 0 bridgehead atoms. The number of ether oxygens (including phenoxy) is 1. The van der Waals surface area contributed by atoms with Crippen LogP contribution in [0.1, 0.15) is 39.5 Å². The van der Waals surface area contributed by atoms with Gasteiger partial charge in [0.15, 0.2) is 0 Å². The van der Waals surface area contributed by atoms with Gasteiger partial charge in [0.25, 0.3) is 0 Å². The van der Waals surface area contributed by atoms with Gasteiger partial charge in [-0.25, -0.2) is 0 Å². The first-order valence-electron chi connectivity index (χ1n) is 6.85. The second-order valence-corrected chi connectivity index (χ2v) is 5.33. The molecule has 16 heavy (non-hydrogen) atoms. The zero-order valence-electron chi connectivity index (χ0n) is 10.7. The molecule has 2 fully saturated rings. The Balaban J connectivity index is 2.05. The molecule has 4 atom stereocenters. The minimum atomic E-state index is 0.492. The standard InChI is InChI=1S/C13H26N2O/c1-3-10(2)12(9-14)15-7-8-16-13-6-4-5-11(13)15/h10-13H,3-9,14H2,1-2H3. The molecule has 1 saturated carbocycles. The molecule has 3 nitrogen and oxygen atoms in total. The van der Waals surface area contributed by atoms with Crippen LogP contribution in [-0.2, 0) is 4.74 Å². The first-order valence-corrected chi connectivity index (χ1v) is 6.85. The molecule has 4 unspecified atom stereocenters. The maximum Gasteiger partial charge on any atom is 0.0731 e. The van der Waals surface area contributed by atoms with E-state index in [4.69, 9.17) is 10.5 Å². The summed E-state index contributed by atoms with van der Waals surface area (Å²) in [5.41, 5.74) is 5.98. The Hall–Kier alpha value is -0.120. The Morgan fingerprint density at radius 2 is 2.25 bits per heavy atom. The van der Waals surface area contributed by atoms with Gasteiger partial charge in [-0.05, 0) is 25.2 Å². The number of morpholine rings is 1. The van der Waals surface area contributed by atoms with Gasteiger partial charge >= 0.3 is 0 Å². The summed E-state index contributed by atoms with van der Waals surface area (Å²) in [6, 6.07) is 1.20. The fourth-order valence-corrected chi connectivity index (χ4v) is 3.33. The van der Waals surface area contributed by atoms with Crippen molar-refractivity contribution in [3.8, 4) is 0 Å². The van der Waals surface area contributed by atoms with Gasteiger partial charge in [-0.1, -0.05) is 20.3 Å². The van der Waals surface area contributed by atoms with Gasteiger partial charge in [0.2, 0.25) is 0 Å². The molecule has 2 N–H and O–H groups in total. The lowest BCUT2D eigenvalue weighted by molar-refractivity contribution is -0.0780. The van der Waals surface area contributed by atoms with E-state index in [0.717, 1.165) is 19.7 Å². The maximum absolute atomic E-state index is 5.98. The van der Waals surface area contributed by atoms with E-state index in [1.54, 1.807) is 0 Å². The highest BCUT2D eigenvalue weighted by molar-refractivity contribution is 4.93. The molecule has 2 aliphatic rings. The third kappa shape index (κ3) is 2.27. The average molecular weight is 226 g/mol. The quantitative estimate of drug-likeness (QED) is 0.791. The van der Waals surface area contributed by atoms with Crippen molar-refractivity contribution < 1.29 is 4.74 Å². The van der Waals surface area contributed by atoms with Crippen molar-refractivity contribution in [2.75, 3.05) is 19.7 Å². The predicted molar refractivity (Wildman–Crippen MR) is 66.4 cm³/mol. The van der Waals surface area contributed by atoms with Gasteiger partial charge in [0.05, 0.1) is 12.7 Å². The van der Waals surface area contributed by atoms with Crippen LogP contribution in [-0.4, -0.2) is 42.8 Å².